The SMILES string of the molecule is CCNC(=O)c1ccc([C@]2(C(N)=O)CN(C(=O)OC(C)(C)C)CCc3c2cc(CC)c(CC)c3F)cc1. The minimum Gasteiger partial charge on any atom is -0.444 e. The zero-order valence-electron chi connectivity index (χ0n) is 22.7. The quantitative estimate of drug-likeness (QED) is 0.605. The number of aryl methyl sites for hydroxylation is 1. The van der Waals surface area contributed by atoms with Gasteiger partial charge in [-0.1, -0.05) is 32.0 Å². The lowest BCUT2D eigenvalue weighted by atomic mass is 9.70. The molecule has 1 aliphatic rings. The molecule has 1 aliphatic heterocycles. The van der Waals surface area contributed by atoms with Crippen LogP contribution in [0.4, 0.5) is 9.18 Å². The van der Waals surface area contributed by atoms with Crippen molar-refractivity contribution in [2.75, 3.05) is 19.6 Å². The molecule has 3 N–H and O–H groups in total. The zero-order chi connectivity index (χ0) is 27.5. The molecule has 0 spiro atoms. The molecule has 200 valence electrons. The van der Waals surface area contributed by atoms with E-state index in [0.29, 0.717) is 47.2 Å². The first-order valence-electron chi connectivity index (χ1n) is 12.9. The van der Waals surface area contributed by atoms with Crippen molar-refractivity contribution in [1.29, 1.82) is 0 Å². The van der Waals surface area contributed by atoms with E-state index in [2.05, 4.69) is 5.32 Å². The Morgan fingerprint density at radius 3 is 2.27 bits per heavy atom. The summed E-state index contributed by atoms with van der Waals surface area (Å²) in [7, 11) is 0. The smallest absolute Gasteiger partial charge is 0.410 e. The van der Waals surface area contributed by atoms with E-state index in [9.17, 15) is 14.4 Å². The van der Waals surface area contributed by atoms with E-state index in [1.807, 2.05) is 26.8 Å². The third kappa shape index (κ3) is 5.48. The van der Waals surface area contributed by atoms with Gasteiger partial charge in [0.25, 0.3) is 5.91 Å². The van der Waals surface area contributed by atoms with E-state index in [1.54, 1.807) is 45.0 Å². The molecule has 2 aromatic rings. The first-order chi connectivity index (χ1) is 17.4. The maximum Gasteiger partial charge on any atom is 0.410 e. The van der Waals surface area contributed by atoms with E-state index in [0.717, 1.165) is 5.56 Å². The molecule has 8 heteroatoms. The Hall–Kier alpha value is -3.42. The highest BCUT2D eigenvalue weighted by Gasteiger charge is 2.47. The lowest BCUT2D eigenvalue weighted by Crippen LogP contribution is -2.52. The number of halogens is 1. The molecule has 7 nitrogen and oxygen atoms in total. The molecule has 0 aliphatic carbocycles. The van der Waals surface area contributed by atoms with E-state index in [4.69, 9.17) is 10.5 Å². The number of nitrogens with two attached hydrogens (primary N) is 1. The van der Waals surface area contributed by atoms with Crippen molar-refractivity contribution in [3.63, 3.8) is 0 Å². The molecule has 1 heterocycles. The number of amides is 3. The van der Waals surface area contributed by atoms with Crippen LogP contribution < -0.4 is 11.1 Å². The molecule has 3 amide bonds. The topological polar surface area (TPSA) is 102 Å². The fourth-order valence-electron chi connectivity index (χ4n) is 5.06. The number of carbonyl (C=O) groups excluding carboxylic acids is 3. The monoisotopic (exact) mass is 511 g/mol. The number of rotatable bonds is 6. The largest absolute Gasteiger partial charge is 0.444 e. The number of benzene rings is 2. The second-order valence-corrected chi connectivity index (χ2v) is 10.4. The molecule has 0 radical (unpaired) electrons. The summed E-state index contributed by atoms with van der Waals surface area (Å²) in [6.07, 6.45) is 0.692. The van der Waals surface area contributed by atoms with Crippen LogP contribution in [0.5, 0.6) is 0 Å². The first-order valence-corrected chi connectivity index (χ1v) is 12.9. The molecule has 0 unspecified atom stereocenters. The lowest BCUT2D eigenvalue weighted by Gasteiger charge is -2.36. The van der Waals surface area contributed by atoms with Crippen LogP contribution in [0.25, 0.3) is 0 Å². The van der Waals surface area contributed by atoms with Crippen LogP contribution >= 0.6 is 0 Å². The molecule has 0 aromatic heterocycles. The van der Waals surface area contributed by atoms with Crippen LogP contribution in [0.1, 0.15) is 79.7 Å². The Morgan fingerprint density at radius 2 is 1.76 bits per heavy atom. The van der Waals surface area contributed by atoms with Gasteiger partial charge in [0.1, 0.15) is 16.8 Å². The summed E-state index contributed by atoms with van der Waals surface area (Å²) in [5.74, 6) is -1.31. The van der Waals surface area contributed by atoms with Gasteiger partial charge in [-0.25, -0.2) is 9.18 Å². The molecular weight excluding hydrogens is 473 g/mol. The number of nitrogens with zero attached hydrogens (tertiary/aromatic N) is 1. The Morgan fingerprint density at radius 1 is 1.11 bits per heavy atom. The first kappa shape index (κ1) is 28.2. The standard InChI is InChI=1S/C29H38FN3O4/c1-7-18-16-23-22(24(30)21(18)8-2)14-15-33(27(36)37-28(4,5)6)17-29(23,26(31)35)20-12-10-19(11-13-20)25(34)32-9-3/h10-13,16H,7-9,14-15,17H2,1-6H3,(H2,31,35)(H,32,34)/t29-/m1/s1. The summed E-state index contributed by atoms with van der Waals surface area (Å²) in [4.78, 5) is 40.5. The van der Waals surface area contributed by atoms with Crippen molar-refractivity contribution >= 4 is 17.9 Å². The van der Waals surface area contributed by atoms with Gasteiger partial charge >= 0.3 is 6.09 Å². The van der Waals surface area contributed by atoms with Crippen molar-refractivity contribution in [2.45, 2.75) is 71.8 Å². The fraction of sp³-hybridized carbons (Fsp3) is 0.483. The molecule has 0 bridgehead atoms. The number of nitrogens with one attached hydrogen (secondary N) is 1. The number of hydrogen-bond donors (Lipinski definition) is 2. The second kappa shape index (κ2) is 10.9. The minimum atomic E-state index is -1.54. The number of fused-ring (bicyclic) bond motifs is 1. The Labute approximate surface area is 218 Å². The summed E-state index contributed by atoms with van der Waals surface area (Å²) in [6, 6.07) is 8.43. The molecule has 0 saturated heterocycles. The van der Waals surface area contributed by atoms with Crippen molar-refractivity contribution in [1.82, 2.24) is 10.2 Å². The Kier molecular flexibility index (Phi) is 8.30. The molecular formula is C29H38FN3O4. The van der Waals surface area contributed by atoms with Gasteiger partial charge in [-0.2, -0.15) is 0 Å². The van der Waals surface area contributed by atoms with Crippen LogP contribution in [0.3, 0.4) is 0 Å². The highest BCUT2D eigenvalue weighted by Crippen LogP contribution is 2.41. The predicted molar refractivity (Wildman–Crippen MR) is 141 cm³/mol. The summed E-state index contributed by atoms with van der Waals surface area (Å²) in [6.45, 7) is 11.5. The summed E-state index contributed by atoms with van der Waals surface area (Å²) < 4.78 is 21.6. The number of carbonyl (C=O) groups is 3. The van der Waals surface area contributed by atoms with Crippen LogP contribution in [0.2, 0.25) is 0 Å². The summed E-state index contributed by atoms with van der Waals surface area (Å²) >= 11 is 0. The predicted octanol–water partition coefficient (Wildman–Crippen LogP) is 4.26. The van der Waals surface area contributed by atoms with Gasteiger partial charge in [-0.3, -0.25) is 9.59 Å². The van der Waals surface area contributed by atoms with Crippen molar-refractivity contribution in [2.24, 2.45) is 5.73 Å². The van der Waals surface area contributed by atoms with E-state index < -0.39 is 23.0 Å². The molecule has 37 heavy (non-hydrogen) atoms. The van der Waals surface area contributed by atoms with E-state index in [-0.39, 0.29) is 31.2 Å². The number of primary amides is 1. The van der Waals surface area contributed by atoms with Crippen LogP contribution in [-0.4, -0.2) is 48.0 Å². The molecule has 0 saturated carbocycles. The van der Waals surface area contributed by atoms with Gasteiger partial charge in [0.05, 0.1) is 0 Å². The minimum absolute atomic E-state index is 0.112. The van der Waals surface area contributed by atoms with Gasteiger partial charge in [0.2, 0.25) is 5.91 Å². The van der Waals surface area contributed by atoms with Crippen molar-refractivity contribution in [3.8, 4) is 0 Å². The van der Waals surface area contributed by atoms with Crippen molar-refractivity contribution in [3.05, 3.63) is 69.5 Å². The van der Waals surface area contributed by atoms with Crippen LogP contribution in [-0.2, 0) is 34.2 Å². The normalized spacial score (nSPS) is 17.5. The third-order valence-electron chi connectivity index (χ3n) is 6.86. The third-order valence-corrected chi connectivity index (χ3v) is 6.86. The van der Waals surface area contributed by atoms with Gasteiger partial charge in [-0.05, 0) is 86.9 Å². The Bertz CT molecular complexity index is 1190. The van der Waals surface area contributed by atoms with E-state index in [1.165, 1.54) is 4.90 Å². The second-order valence-electron chi connectivity index (χ2n) is 10.4. The highest BCUT2D eigenvalue weighted by atomic mass is 19.1. The van der Waals surface area contributed by atoms with Crippen LogP contribution in [0.15, 0.2) is 30.3 Å². The number of ether oxygens (including phenoxy) is 1. The molecule has 2 aromatic carbocycles. The maximum absolute atomic E-state index is 16.0. The highest BCUT2D eigenvalue weighted by molar-refractivity contribution is 5.95. The molecule has 1 atom stereocenters. The number of hydrogen-bond acceptors (Lipinski definition) is 4. The van der Waals surface area contributed by atoms with E-state index >= 15 is 4.39 Å². The van der Waals surface area contributed by atoms with Crippen LogP contribution in [0, 0.1) is 5.82 Å². The summed E-state index contributed by atoms with van der Waals surface area (Å²) in [5, 5.41) is 2.75. The Balaban J connectivity index is 2.29. The molecule has 3 rings (SSSR count). The average Bonchev–Trinajstić information content (AvgIpc) is 3.01. The van der Waals surface area contributed by atoms with Gasteiger partial charge in [0, 0.05) is 25.2 Å². The zero-order valence-corrected chi connectivity index (χ0v) is 22.7. The summed E-state index contributed by atoms with van der Waals surface area (Å²) in [5.41, 5.74) is 7.00. The molecule has 0 fully saturated rings. The fourth-order valence-corrected chi connectivity index (χ4v) is 5.06. The maximum atomic E-state index is 16.0. The lowest BCUT2D eigenvalue weighted by molar-refractivity contribution is -0.122. The van der Waals surface area contributed by atoms with Crippen molar-refractivity contribution < 1.29 is 23.5 Å². The van der Waals surface area contributed by atoms with Gasteiger partial charge in [0.15, 0.2) is 0 Å². The van der Waals surface area contributed by atoms with Gasteiger partial charge in [-0.15, -0.1) is 0 Å². The average molecular weight is 512 g/mol. The van der Waals surface area contributed by atoms with Gasteiger partial charge < -0.3 is 20.7 Å².